The fourth-order valence-electron chi connectivity index (χ4n) is 11.7. The predicted octanol–water partition coefficient (Wildman–Crippen LogP) is 7.81. The molecule has 1 aliphatic heterocycles. The molecule has 8 saturated carbocycles. The molecule has 1 heterocycles. The van der Waals surface area contributed by atoms with Gasteiger partial charge in [0.05, 0.1) is 6.61 Å². The van der Waals surface area contributed by atoms with Crippen molar-refractivity contribution < 1.29 is 9.47 Å². The van der Waals surface area contributed by atoms with Crippen molar-refractivity contribution in [1.82, 2.24) is 0 Å². The summed E-state index contributed by atoms with van der Waals surface area (Å²) in [5, 5.41) is 0. The van der Waals surface area contributed by atoms with Crippen molar-refractivity contribution in [1.29, 1.82) is 0 Å². The molecule has 0 N–H and O–H groups in total. The lowest BCUT2D eigenvalue weighted by atomic mass is 9.44. The van der Waals surface area contributed by atoms with Crippen molar-refractivity contribution >= 4 is 0 Å². The molecule has 0 aromatic heterocycles. The van der Waals surface area contributed by atoms with Crippen molar-refractivity contribution in [3.63, 3.8) is 0 Å². The number of hydrogen-bond acceptors (Lipinski definition) is 2. The van der Waals surface area contributed by atoms with Crippen molar-refractivity contribution in [2.75, 3.05) is 6.61 Å². The first-order chi connectivity index (χ1) is 16.8. The summed E-state index contributed by atoms with van der Waals surface area (Å²) in [7, 11) is 0. The fraction of sp³-hybridized carbons (Fsp3) is 0.818. The molecule has 2 nitrogen and oxygen atoms in total. The summed E-state index contributed by atoms with van der Waals surface area (Å²) < 4.78 is 13.1. The van der Waals surface area contributed by atoms with E-state index in [1.54, 1.807) is 11.1 Å². The molecule has 1 saturated heterocycles. The Morgan fingerprint density at radius 2 is 1.20 bits per heavy atom. The molecule has 0 amide bonds. The zero-order valence-corrected chi connectivity index (χ0v) is 22.4. The lowest BCUT2D eigenvalue weighted by molar-refractivity contribution is -0.0202. The third kappa shape index (κ3) is 3.44. The fourth-order valence-corrected chi connectivity index (χ4v) is 11.7. The predicted molar refractivity (Wildman–Crippen MR) is 140 cm³/mol. The van der Waals surface area contributed by atoms with Crippen molar-refractivity contribution in [2.24, 2.45) is 40.9 Å². The van der Waals surface area contributed by atoms with E-state index < -0.39 is 0 Å². The van der Waals surface area contributed by atoms with E-state index in [9.17, 15) is 0 Å². The van der Waals surface area contributed by atoms with Crippen molar-refractivity contribution in [2.45, 2.75) is 121 Å². The minimum Gasteiger partial charge on any atom is -0.487 e. The Kier molecular flexibility index (Phi) is 4.59. The van der Waals surface area contributed by atoms with E-state index in [0.717, 1.165) is 42.1 Å². The molecular weight excluding hydrogens is 428 g/mol. The van der Waals surface area contributed by atoms with Gasteiger partial charge in [0, 0.05) is 16.4 Å². The molecule has 0 spiro atoms. The van der Waals surface area contributed by atoms with Gasteiger partial charge in [-0.25, -0.2) is 0 Å². The molecule has 10 rings (SSSR count). The van der Waals surface area contributed by atoms with Gasteiger partial charge in [-0.15, -0.1) is 0 Å². The largest absolute Gasteiger partial charge is 0.487 e. The third-order valence-corrected chi connectivity index (χ3v) is 12.0. The highest BCUT2D eigenvalue weighted by Gasteiger charge is 2.57. The summed E-state index contributed by atoms with van der Waals surface area (Å²) in [4.78, 5) is 0. The number of ether oxygens (including phenoxy) is 2. The number of hydrogen-bond donors (Lipinski definition) is 0. The Labute approximate surface area is 212 Å². The van der Waals surface area contributed by atoms with E-state index in [1.165, 1.54) is 82.8 Å². The zero-order valence-electron chi connectivity index (χ0n) is 22.4. The van der Waals surface area contributed by atoms with Crippen LogP contribution in [0, 0.1) is 40.9 Å². The van der Waals surface area contributed by atoms with Gasteiger partial charge in [-0.1, -0.05) is 32.9 Å². The second-order valence-electron chi connectivity index (χ2n) is 15.9. The standard InChI is InChI=1S/C33H46O2/c1-31(2,3)30(28-19-34-28)35-27-6-4-5-26(32-13-20-7-21(14-32)9-22(8-20)15-32)29(27)33-16-23-10-24(17-33)12-25(11-23)18-33/h4-6,20-25,28,30H,7-19H2,1-3H3. The Bertz CT molecular complexity index is 940. The van der Waals surface area contributed by atoms with Crippen LogP contribution in [0.2, 0.25) is 0 Å². The molecule has 2 unspecified atom stereocenters. The molecule has 2 atom stereocenters. The van der Waals surface area contributed by atoms with Crippen LogP contribution in [-0.2, 0) is 15.6 Å². The van der Waals surface area contributed by atoms with E-state index >= 15 is 0 Å². The average molecular weight is 475 g/mol. The Hall–Kier alpha value is -1.02. The van der Waals surface area contributed by atoms with Crippen LogP contribution < -0.4 is 4.74 Å². The molecule has 35 heavy (non-hydrogen) atoms. The molecule has 190 valence electrons. The monoisotopic (exact) mass is 474 g/mol. The summed E-state index contributed by atoms with van der Waals surface area (Å²) in [5.41, 5.74) is 4.37. The van der Waals surface area contributed by atoms with Crippen LogP contribution in [0.4, 0.5) is 0 Å². The second-order valence-corrected chi connectivity index (χ2v) is 15.9. The van der Waals surface area contributed by atoms with Gasteiger partial charge in [0.1, 0.15) is 18.0 Å². The summed E-state index contributed by atoms with van der Waals surface area (Å²) in [6, 6.07) is 7.35. The summed E-state index contributed by atoms with van der Waals surface area (Å²) >= 11 is 0. The van der Waals surface area contributed by atoms with Crippen molar-refractivity contribution in [3.05, 3.63) is 29.3 Å². The summed E-state index contributed by atoms with van der Waals surface area (Å²) in [6.07, 6.45) is 18.2. The maximum Gasteiger partial charge on any atom is 0.132 e. The smallest absolute Gasteiger partial charge is 0.132 e. The van der Waals surface area contributed by atoms with E-state index in [0.29, 0.717) is 10.8 Å². The van der Waals surface area contributed by atoms with Gasteiger partial charge >= 0.3 is 0 Å². The van der Waals surface area contributed by atoms with Crippen LogP contribution >= 0.6 is 0 Å². The van der Waals surface area contributed by atoms with E-state index in [4.69, 9.17) is 9.47 Å². The van der Waals surface area contributed by atoms with E-state index in [1.807, 2.05) is 0 Å². The maximum absolute atomic E-state index is 7.20. The normalized spacial score (nSPS) is 47.8. The number of rotatable bonds is 5. The van der Waals surface area contributed by atoms with Crippen LogP contribution in [-0.4, -0.2) is 18.8 Å². The molecule has 1 aromatic carbocycles. The molecular formula is C33H46O2. The molecule has 9 fully saturated rings. The first kappa shape index (κ1) is 22.0. The molecule has 2 heteroatoms. The van der Waals surface area contributed by atoms with Crippen LogP contribution in [0.3, 0.4) is 0 Å². The Morgan fingerprint density at radius 3 is 1.63 bits per heavy atom. The number of epoxide rings is 1. The Balaban J connectivity index is 1.28. The third-order valence-electron chi connectivity index (χ3n) is 12.0. The Morgan fingerprint density at radius 1 is 0.743 bits per heavy atom. The molecule has 9 aliphatic rings. The van der Waals surface area contributed by atoms with Crippen LogP contribution in [0.1, 0.15) is 109 Å². The van der Waals surface area contributed by atoms with Gasteiger partial charge in [0.2, 0.25) is 0 Å². The van der Waals surface area contributed by atoms with E-state index in [-0.39, 0.29) is 17.6 Å². The topological polar surface area (TPSA) is 21.8 Å². The van der Waals surface area contributed by atoms with Gasteiger partial charge in [0.25, 0.3) is 0 Å². The highest BCUT2D eigenvalue weighted by Crippen LogP contribution is 2.66. The lowest BCUT2D eigenvalue weighted by Gasteiger charge is -2.61. The van der Waals surface area contributed by atoms with Gasteiger partial charge in [-0.05, 0) is 130 Å². The average Bonchev–Trinajstić information content (AvgIpc) is 3.59. The second kappa shape index (κ2) is 7.30. The van der Waals surface area contributed by atoms with Crippen LogP contribution in [0.25, 0.3) is 0 Å². The summed E-state index contributed by atoms with van der Waals surface area (Å²) in [5.74, 6) is 7.10. The zero-order chi connectivity index (χ0) is 23.6. The van der Waals surface area contributed by atoms with Crippen LogP contribution in [0.15, 0.2) is 18.2 Å². The van der Waals surface area contributed by atoms with Gasteiger partial charge in [-0.2, -0.15) is 0 Å². The highest BCUT2D eigenvalue weighted by atomic mass is 16.6. The maximum atomic E-state index is 7.20. The number of benzene rings is 1. The van der Waals surface area contributed by atoms with E-state index in [2.05, 4.69) is 39.0 Å². The highest BCUT2D eigenvalue weighted by molar-refractivity contribution is 5.51. The minimum atomic E-state index is 0.0800. The molecule has 8 aliphatic carbocycles. The SMILES string of the molecule is CC(C)(C)C(Oc1cccc(C23CC4CC(CC(C4)C2)C3)c1C12CC3CC(CC(C3)C1)C2)C1CO1. The quantitative estimate of drug-likeness (QED) is 0.406. The first-order valence-corrected chi connectivity index (χ1v) is 15.2. The van der Waals surface area contributed by atoms with Gasteiger partial charge < -0.3 is 9.47 Å². The molecule has 1 aromatic rings. The van der Waals surface area contributed by atoms with Crippen LogP contribution in [0.5, 0.6) is 5.75 Å². The molecule has 8 bridgehead atoms. The lowest BCUT2D eigenvalue weighted by Crippen LogP contribution is -2.52. The van der Waals surface area contributed by atoms with Gasteiger partial charge in [-0.3, -0.25) is 0 Å². The summed E-state index contributed by atoms with van der Waals surface area (Å²) in [6.45, 7) is 7.88. The van der Waals surface area contributed by atoms with Gasteiger partial charge in [0.15, 0.2) is 0 Å². The first-order valence-electron chi connectivity index (χ1n) is 15.2. The minimum absolute atomic E-state index is 0.0800. The molecule has 0 radical (unpaired) electrons. The van der Waals surface area contributed by atoms with Crippen molar-refractivity contribution in [3.8, 4) is 5.75 Å².